The molecule has 2 rings (SSSR count). The SMILES string of the molecule is CC(C)CC(NC(=O)Nc1ccc2c(c1)C(=O)N(C(C)C)C2=O)C(=O)O. The Morgan fingerprint density at radius 1 is 1.08 bits per heavy atom. The van der Waals surface area contributed by atoms with Crippen LogP contribution in [0.3, 0.4) is 0 Å². The highest BCUT2D eigenvalue weighted by molar-refractivity contribution is 6.22. The van der Waals surface area contributed by atoms with E-state index in [2.05, 4.69) is 10.6 Å². The van der Waals surface area contributed by atoms with E-state index in [9.17, 15) is 24.3 Å². The number of anilines is 1. The topological polar surface area (TPSA) is 116 Å². The molecular weight excluding hydrogens is 338 g/mol. The van der Waals surface area contributed by atoms with Gasteiger partial charge in [0.25, 0.3) is 11.8 Å². The minimum absolute atomic E-state index is 0.0991. The number of carbonyl (C=O) groups is 4. The summed E-state index contributed by atoms with van der Waals surface area (Å²) in [4.78, 5) is 49.1. The summed E-state index contributed by atoms with van der Waals surface area (Å²) in [6.45, 7) is 7.21. The number of urea groups is 1. The first-order valence-corrected chi connectivity index (χ1v) is 8.44. The van der Waals surface area contributed by atoms with Crippen molar-refractivity contribution < 1.29 is 24.3 Å². The zero-order valence-corrected chi connectivity index (χ0v) is 15.2. The van der Waals surface area contributed by atoms with E-state index in [0.29, 0.717) is 12.1 Å². The van der Waals surface area contributed by atoms with Crippen molar-refractivity contribution in [2.24, 2.45) is 5.92 Å². The smallest absolute Gasteiger partial charge is 0.326 e. The summed E-state index contributed by atoms with van der Waals surface area (Å²) in [6.07, 6.45) is 0.295. The van der Waals surface area contributed by atoms with Crippen LogP contribution in [0.2, 0.25) is 0 Å². The van der Waals surface area contributed by atoms with Crippen molar-refractivity contribution in [2.45, 2.75) is 46.2 Å². The van der Waals surface area contributed by atoms with Crippen LogP contribution >= 0.6 is 0 Å². The van der Waals surface area contributed by atoms with Crippen molar-refractivity contribution in [3.63, 3.8) is 0 Å². The molecule has 0 bridgehead atoms. The van der Waals surface area contributed by atoms with Crippen LogP contribution in [-0.2, 0) is 4.79 Å². The molecule has 0 radical (unpaired) electrons. The van der Waals surface area contributed by atoms with Crippen molar-refractivity contribution in [1.82, 2.24) is 10.2 Å². The van der Waals surface area contributed by atoms with E-state index in [0.717, 1.165) is 4.90 Å². The summed E-state index contributed by atoms with van der Waals surface area (Å²) in [5.41, 5.74) is 0.818. The molecule has 4 amide bonds. The number of nitrogens with one attached hydrogen (secondary N) is 2. The van der Waals surface area contributed by atoms with Gasteiger partial charge in [0.15, 0.2) is 0 Å². The number of nitrogens with zero attached hydrogens (tertiary/aromatic N) is 1. The summed E-state index contributed by atoms with van der Waals surface area (Å²) in [5.74, 6) is -1.79. The zero-order valence-electron chi connectivity index (χ0n) is 15.2. The van der Waals surface area contributed by atoms with E-state index >= 15 is 0 Å². The molecule has 140 valence electrons. The maximum absolute atomic E-state index is 12.4. The highest BCUT2D eigenvalue weighted by atomic mass is 16.4. The van der Waals surface area contributed by atoms with Gasteiger partial charge in [-0.05, 0) is 44.4 Å². The van der Waals surface area contributed by atoms with Gasteiger partial charge in [-0.1, -0.05) is 13.8 Å². The average Bonchev–Trinajstić information content (AvgIpc) is 2.77. The number of fused-ring (bicyclic) bond motifs is 1. The van der Waals surface area contributed by atoms with Crippen LogP contribution < -0.4 is 10.6 Å². The number of amides is 4. The van der Waals surface area contributed by atoms with Crippen LogP contribution in [0.4, 0.5) is 10.5 Å². The molecule has 8 heteroatoms. The first-order valence-electron chi connectivity index (χ1n) is 8.44. The molecule has 3 N–H and O–H groups in total. The number of hydrogen-bond acceptors (Lipinski definition) is 4. The van der Waals surface area contributed by atoms with Crippen LogP contribution in [0.1, 0.15) is 54.8 Å². The maximum Gasteiger partial charge on any atom is 0.326 e. The van der Waals surface area contributed by atoms with E-state index in [-0.39, 0.29) is 29.0 Å². The van der Waals surface area contributed by atoms with Crippen LogP contribution in [0.15, 0.2) is 18.2 Å². The predicted octanol–water partition coefficient (Wildman–Crippen LogP) is 2.31. The standard InChI is InChI=1S/C18H23N3O5/c1-9(2)7-14(17(24)25)20-18(26)19-11-5-6-12-13(8-11)16(23)21(10(3)4)15(12)22/h5-6,8-10,14H,7H2,1-4H3,(H,24,25)(H2,19,20,26). The molecule has 0 spiro atoms. The van der Waals surface area contributed by atoms with Crippen LogP contribution in [0, 0.1) is 5.92 Å². The molecule has 1 aliphatic heterocycles. The summed E-state index contributed by atoms with van der Waals surface area (Å²) in [6, 6.07) is 2.45. The molecule has 0 saturated carbocycles. The molecular formula is C18H23N3O5. The monoisotopic (exact) mass is 361 g/mol. The third kappa shape index (κ3) is 4.01. The molecule has 1 aliphatic rings. The van der Waals surface area contributed by atoms with Gasteiger partial charge < -0.3 is 15.7 Å². The molecule has 0 aliphatic carbocycles. The summed E-state index contributed by atoms with van der Waals surface area (Å²) in [7, 11) is 0. The fourth-order valence-corrected chi connectivity index (χ4v) is 2.82. The fourth-order valence-electron chi connectivity index (χ4n) is 2.82. The minimum atomic E-state index is -1.11. The second-order valence-electron chi connectivity index (χ2n) is 6.95. The number of carboxylic acids is 1. The number of hydrogen-bond donors (Lipinski definition) is 3. The van der Waals surface area contributed by atoms with Gasteiger partial charge in [0, 0.05) is 11.7 Å². The Kier molecular flexibility index (Phi) is 5.64. The average molecular weight is 361 g/mol. The second kappa shape index (κ2) is 7.55. The van der Waals surface area contributed by atoms with E-state index in [4.69, 9.17) is 0 Å². The van der Waals surface area contributed by atoms with Crippen LogP contribution in [0.25, 0.3) is 0 Å². The van der Waals surface area contributed by atoms with Crippen LogP contribution in [-0.4, -0.2) is 45.9 Å². The minimum Gasteiger partial charge on any atom is -0.480 e. The molecule has 0 aromatic heterocycles. The van der Waals surface area contributed by atoms with Gasteiger partial charge in [-0.25, -0.2) is 9.59 Å². The molecule has 26 heavy (non-hydrogen) atoms. The largest absolute Gasteiger partial charge is 0.480 e. The second-order valence-corrected chi connectivity index (χ2v) is 6.95. The lowest BCUT2D eigenvalue weighted by Crippen LogP contribution is -2.43. The lowest BCUT2D eigenvalue weighted by atomic mass is 10.0. The van der Waals surface area contributed by atoms with Crippen molar-refractivity contribution in [1.29, 1.82) is 0 Å². The fraction of sp³-hybridized carbons (Fsp3) is 0.444. The van der Waals surface area contributed by atoms with Gasteiger partial charge in [0.2, 0.25) is 0 Å². The molecule has 1 heterocycles. The summed E-state index contributed by atoms with van der Waals surface area (Å²) in [5, 5.41) is 14.1. The predicted molar refractivity (Wildman–Crippen MR) is 95.1 cm³/mol. The molecule has 8 nitrogen and oxygen atoms in total. The highest BCUT2D eigenvalue weighted by Gasteiger charge is 2.37. The number of benzene rings is 1. The molecule has 1 unspecified atom stereocenters. The molecule has 0 saturated heterocycles. The Bertz CT molecular complexity index is 757. The van der Waals surface area contributed by atoms with Gasteiger partial charge in [0.05, 0.1) is 11.1 Å². The molecule has 1 aromatic rings. The van der Waals surface area contributed by atoms with Crippen molar-refractivity contribution in [3.8, 4) is 0 Å². The molecule has 1 atom stereocenters. The number of imide groups is 1. The van der Waals surface area contributed by atoms with E-state index in [1.54, 1.807) is 13.8 Å². The van der Waals surface area contributed by atoms with Crippen molar-refractivity contribution in [2.75, 3.05) is 5.32 Å². The Morgan fingerprint density at radius 2 is 1.69 bits per heavy atom. The summed E-state index contributed by atoms with van der Waals surface area (Å²) >= 11 is 0. The molecule has 1 aromatic carbocycles. The normalized spacial score (nSPS) is 14.6. The zero-order chi connectivity index (χ0) is 19.6. The number of carbonyl (C=O) groups excluding carboxylic acids is 3. The van der Waals surface area contributed by atoms with Gasteiger partial charge in [-0.2, -0.15) is 0 Å². The van der Waals surface area contributed by atoms with Crippen molar-refractivity contribution >= 4 is 29.5 Å². The Balaban J connectivity index is 2.13. The Hall–Kier alpha value is -2.90. The lowest BCUT2D eigenvalue weighted by Gasteiger charge is -2.17. The van der Waals surface area contributed by atoms with Crippen molar-refractivity contribution in [3.05, 3.63) is 29.3 Å². The van der Waals surface area contributed by atoms with Crippen LogP contribution in [0.5, 0.6) is 0 Å². The third-order valence-corrected chi connectivity index (χ3v) is 4.00. The third-order valence-electron chi connectivity index (χ3n) is 4.00. The molecule has 0 fully saturated rings. The van der Waals surface area contributed by atoms with Gasteiger partial charge in [-0.15, -0.1) is 0 Å². The van der Waals surface area contributed by atoms with E-state index < -0.39 is 23.9 Å². The highest BCUT2D eigenvalue weighted by Crippen LogP contribution is 2.27. The van der Waals surface area contributed by atoms with E-state index in [1.807, 2.05) is 13.8 Å². The Labute approximate surface area is 151 Å². The van der Waals surface area contributed by atoms with E-state index in [1.165, 1.54) is 18.2 Å². The number of aliphatic carboxylic acids is 1. The maximum atomic E-state index is 12.4. The number of rotatable bonds is 6. The van der Waals surface area contributed by atoms with Gasteiger partial charge in [0.1, 0.15) is 6.04 Å². The van der Waals surface area contributed by atoms with Gasteiger partial charge >= 0.3 is 12.0 Å². The lowest BCUT2D eigenvalue weighted by molar-refractivity contribution is -0.139. The summed E-state index contributed by atoms with van der Waals surface area (Å²) < 4.78 is 0. The Morgan fingerprint density at radius 3 is 2.23 bits per heavy atom. The number of carboxylic acid groups (broad SMARTS) is 1. The quantitative estimate of drug-likeness (QED) is 0.673. The first kappa shape index (κ1) is 19.4. The first-order chi connectivity index (χ1) is 12.1. The van der Waals surface area contributed by atoms with Gasteiger partial charge in [-0.3, -0.25) is 14.5 Å².